The first-order valence-electron chi connectivity index (χ1n) is 6.61. The molecule has 1 aliphatic rings. The number of halogens is 2. The Morgan fingerprint density at radius 3 is 2.89 bits per heavy atom. The van der Waals surface area contributed by atoms with Crippen molar-refractivity contribution in [2.45, 2.75) is 25.7 Å². The van der Waals surface area contributed by atoms with Crippen LogP contribution in [0.15, 0.2) is 22.7 Å². The lowest BCUT2D eigenvalue weighted by atomic mass is 9.93. The molecule has 1 aromatic rings. The predicted molar refractivity (Wildman–Crippen MR) is 77.6 cm³/mol. The minimum Gasteiger partial charge on any atom is -0.324 e. The largest absolute Gasteiger partial charge is 0.324 e. The van der Waals surface area contributed by atoms with E-state index in [4.69, 9.17) is 0 Å². The molecule has 0 atom stereocenters. The lowest BCUT2D eigenvalue weighted by Gasteiger charge is -2.22. The molecule has 104 valence electrons. The molecule has 1 aliphatic heterocycles. The molecular formula is C14H18BrFN2O. The zero-order valence-electron chi connectivity index (χ0n) is 10.7. The van der Waals surface area contributed by atoms with Gasteiger partial charge in [-0.1, -0.05) is 15.9 Å². The molecule has 19 heavy (non-hydrogen) atoms. The summed E-state index contributed by atoms with van der Waals surface area (Å²) in [6.07, 6.45) is 3.58. The molecule has 5 heteroatoms. The van der Waals surface area contributed by atoms with Gasteiger partial charge in [-0.3, -0.25) is 4.79 Å². The maximum atomic E-state index is 13.5. The van der Waals surface area contributed by atoms with Crippen LogP contribution in [0.3, 0.4) is 0 Å². The highest BCUT2D eigenvalue weighted by Crippen LogP contribution is 2.21. The zero-order valence-corrected chi connectivity index (χ0v) is 12.3. The van der Waals surface area contributed by atoms with Gasteiger partial charge in [-0.25, -0.2) is 4.39 Å². The summed E-state index contributed by atoms with van der Waals surface area (Å²) in [5.74, 6) is 0.0910. The van der Waals surface area contributed by atoms with Crippen molar-refractivity contribution in [3.8, 4) is 0 Å². The van der Waals surface area contributed by atoms with Gasteiger partial charge in [0.25, 0.3) is 0 Å². The Kier molecular flexibility index (Phi) is 5.34. The molecule has 0 spiro atoms. The Bertz CT molecular complexity index is 447. The first-order valence-corrected chi connectivity index (χ1v) is 7.40. The van der Waals surface area contributed by atoms with Crippen LogP contribution >= 0.6 is 15.9 Å². The van der Waals surface area contributed by atoms with Gasteiger partial charge in [-0.15, -0.1) is 0 Å². The van der Waals surface area contributed by atoms with Crippen LogP contribution in [0, 0.1) is 11.7 Å². The number of carbonyl (C=O) groups is 1. The third kappa shape index (κ3) is 4.58. The van der Waals surface area contributed by atoms with Crippen LogP contribution in [0.4, 0.5) is 10.1 Å². The fraction of sp³-hybridized carbons (Fsp3) is 0.500. The third-order valence-corrected chi connectivity index (χ3v) is 3.93. The van der Waals surface area contributed by atoms with Crippen molar-refractivity contribution in [3.63, 3.8) is 0 Å². The molecule has 1 heterocycles. The number of hydrogen-bond acceptors (Lipinski definition) is 2. The maximum Gasteiger partial charge on any atom is 0.224 e. The van der Waals surface area contributed by atoms with Crippen molar-refractivity contribution in [1.82, 2.24) is 5.32 Å². The van der Waals surface area contributed by atoms with Crippen LogP contribution < -0.4 is 10.6 Å². The first kappa shape index (κ1) is 14.5. The Hall–Kier alpha value is -0.940. The molecule has 2 rings (SSSR count). The second kappa shape index (κ2) is 7.01. The van der Waals surface area contributed by atoms with Crippen molar-refractivity contribution in [2.75, 3.05) is 18.4 Å². The highest BCUT2D eigenvalue weighted by Gasteiger charge is 2.15. The second-order valence-electron chi connectivity index (χ2n) is 4.90. The highest BCUT2D eigenvalue weighted by molar-refractivity contribution is 9.10. The molecule has 1 amide bonds. The maximum absolute atomic E-state index is 13.5. The SMILES string of the molecule is O=C(CCC1CCNCC1)Nc1cc(Br)ccc1F. The topological polar surface area (TPSA) is 41.1 Å². The van der Waals surface area contributed by atoms with E-state index in [-0.39, 0.29) is 11.6 Å². The van der Waals surface area contributed by atoms with Crippen LogP contribution in [0.25, 0.3) is 0 Å². The highest BCUT2D eigenvalue weighted by atomic mass is 79.9. The molecule has 0 radical (unpaired) electrons. The Morgan fingerprint density at radius 2 is 2.16 bits per heavy atom. The third-order valence-electron chi connectivity index (χ3n) is 3.44. The molecule has 0 bridgehead atoms. The quantitative estimate of drug-likeness (QED) is 0.890. The standard InChI is InChI=1S/C14H18BrFN2O/c15-11-2-3-12(16)13(9-11)18-14(19)4-1-10-5-7-17-8-6-10/h2-3,9-10,17H,1,4-8H2,(H,18,19). The summed E-state index contributed by atoms with van der Waals surface area (Å²) in [6.45, 7) is 2.07. The summed E-state index contributed by atoms with van der Waals surface area (Å²) in [6, 6.07) is 4.53. The van der Waals surface area contributed by atoms with Crippen molar-refractivity contribution >= 4 is 27.5 Å². The van der Waals surface area contributed by atoms with Gasteiger partial charge in [0.05, 0.1) is 5.69 Å². The lowest BCUT2D eigenvalue weighted by Crippen LogP contribution is -2.28. The van der Waals surface area contributed by atoms with E-state index < -0.39 is 5.82 Å². The molecule has 0 unspecified atom stereocenters. The van der Waals surface area contributed by atoms with E-state index in [2.05, 4.69) is 26.6 Å². The van der Waals surface area contributed by atoms with Crippen LogP contribution in [0.5, 0.6) is 0 Å². The van der Waals surface area contributed by atoms with Gasteiger partial charge < -0.3 is 10.6 Å². The monoisotopic (exact) mass is 328 g/mol. The summed E-state index contributed by atoms with van der Waals surface area (Å²) < 4.78 is 14.2. The van der Waals surface area contributed by atoms with Gasteiger partial charge in [0.15, 0.2) is 0 Å². The molecule has 0 saturated carbocycles. The van der Waals surface area contributed by atoms with Crippen LogP contribution in [0.2, 0.25) is 0 Å². The van der Waals surface area contributed by atoms with Crippen molar-refractivity contribution in [1.29, 1.82) is 0 Å². The number of hydrogen-bond donors (Lipinski definition) is 2. The number of amides is 1. The van der Waals surface area contributed by atoms with Crippen LogP contribution in [-0.2, 0) is 4.79 Å². The van der Waals surface area contributed by atoms with Gasteiger partial charge in [-0.2, -0.15) is 0 Å². The molecule has 1 fully saturated rings. The average Bonchev–Trinajstić information content (AvgIpc) is 2.42. The molecule has 1 saturated heterocycles. The molecule has 0 aliphatic carbocycles. The number of rotatable bonds is 4. The van der Waals surface area contributed by atoms with E-state index in [1.807, 2.05) is 0 Å². The fourth-order valence-electron chi connectivity index (χ4n) is 2.31. The Balaban J connectivity index is 1.81. The molecule has 2 N–H and O–H groups in total. The first-order chi connectivity index (χ1) is 9.15. The van der Waals surface area contributed by atoms with E-state index in [0.717, 1.165) is 36.8 Å². The zero-order chi connectivity index (χ0) is 13.7. The van der Waals surface area contributed by atoms with Gasteiger partial charge in [-0.05, 0) is 56.5 Å². The molecule has 1 aromatic carbocycles. The van der Waals surface area contributed by atoms with Gasteiger partial charge in [0.1, 0.15) is 5.82 Å². The summed E-state index contributed by atoms with van der Waals surface area (Å²) in [4.78, 5) is 11.8. The number of benzene rings is 1. The summed E-state index contributed by atoms with van der Waals surface area (Å²) >= 11 is 3.26. The van der Waals surface area contributed by atoms with Crippen LogP contribution in [-0.4, -0.2) is 19.0 Å². The Morgan fingerprint density at radius 1 is 1.42 bits per heavy atom. The smallest absolute Gasteiger partial charge is 0.224 e. The summed E-state index contributed by atoms with van der Waals surface area (Å²) in [5.41, 5.74) is 0.240. The van der Waals surface area contributed by atoms with Crippen molar-refractivity contribution in [3.05, 3.63) is 28.5 Å². The van der Waals surface area contributed by atoms with Crippen molar-refractivity contribution < 1.29 is 9.18 Å². The average molecular weight is 329 g/mol. The molecular weight excluding hydrogens is 311 g/mol. The van der Waals surface area contributed by atoms with Crippen molar-refractivity contribution in [2.24, 2.45) is 5.92 Å². The summed E-state index contributed by atoms with van der Waals surface area (Å²) in [5, 5.41) is 5.93. The number of anilines is 1. The van der Waals surface area contributed by atoms with Gasteiger partial charge in [0.2, 0.25) is 5.91 Å². The van der Waals surface area contributed by atoms with Gasteiger partial charge in [0, 0.05) is 10.9 Å². The second-order valence-corrected chi connectivity index (χ2v) is 5.82. The Labute approximate surface area is 121 Å². The number of piperidine rings is 1. The normalized spacial score (nSPS) is 16.3. The fourth-order valence-corrected chi connectivity index (χ4v) is 2.67. The molecule has 3 nitrogen and oxygen atoms in total. The number of carbonyl (C=O) groups excluding carboxylic acids is 1. The number of nitrogens with one attached hydrogen (secondary N) is 2. The van der Waals surface area contributed by atoms with E-state index in [1.54, 1.807) is 12.1 Å². The van der Waals surface area contributed by atoms with E-state index in [0.29, 0.717) is 12.3 Å². The van der Waals surface area contributed by atoms with Gasteiger partial charge >= 0.3 is 0 Å². The van der Waals surface area contributed by atoms with E-state index in [9.17, 15) is 9.18 Å². The summed E-state index contributed by atoms with van der Waals surface area (Å²) in [7, 11) is 0. The van der Waals surface area contributed by atoms with Crippen LogP contribution in [0.1, 0.15) is 25.7 Å². The lowest BCUT2D eigenvalue weighted by molar-refractivity contribution is -0.116. The molecule has 0 aromatic heterocycles. The van der Waals surface area contributed by atoms with E-state index in [1.165, 1.54) is 6.07 Å². The van der Waals surface area contributed by atoms with E-state index >= 15 is 0 Å². The predicted octanol–water partition coefficient (Wildman–Crippen LogP) is 3.31. The minimum atomic E-state index is -0.404. The minimum absolute atomic E-state index is 0.115.